The molecule has 0 aliphatic carbocycles. The molecule has 1 aromatic carbocycles. The smallest absolute Gasteiger partial charge is 0.138 e. The Morgan fingerprint density at radius 3 is 2.89 bits per heavy atom. The van der Waals surface area contributed by atoms with E-state index in [4.69, 9.17) is 27.9 Å². The number of rotatable bonds is 8. The Kier molecular flexibility index (Phi) is 7.86. The summed E-state index contributed by atoms with van der Waals surface area (Å²) in [6, 6.07) is 5.01. The molecular formula is C12H17Cl2NO2S. The van der Waals surface area contributed by atoms with Crippen LogP contribution in [0, 0.1) is 0 Å². The second-order valence-corrected chi connectivity index (χ2v) is 5.57. The van der Waals surface area contributed by atoms with Gasteiger partial charge in [-0.2, -0.15) is 11.8 Å². The third-order valence-corrected chi connectivity index (χ3v) is 3.33. The molecule has 1 rings (SSSR count). The molecule has 0 heterocycles. The number of hydrogen-bond acceptors (Lipinski definition) is 4. The Morgan fingerprint density at radius 2 is 2.22 bits per heavy atom. The van der Waals surface area contributed by atoms with Gasteiger partial charge < -0.3 is 15.2 Å². The highest BCUT2D eigenvalue weighted by Gasteiger charge is 2.07. The van der Waals surface area contributed by atoms with Crippen LogP contribution in [0.25, 0.3) is 0 Å². The molecule has 6 heteroatoms. The number of benzene rings is 1. The minimum Gasteiger partial charge on any atom is -0.489 e. The zero-order valence-electron chi connectivity index (χ0n) is 10.2. The van der Waals surface area contributed by atoms with Crippen LogP contribution >= 0.6 is 35.0 Å². The molecule has 102 valence electrons. The second-order valence-electron chi connectivity index (χ2n) is 3.74. The first kappa shape index (κ1) is 15.9. The lowest BCUT2D eigenvalue weighted by molar-refractivity contribution is 0.107. The Morgan fingerprint density at radius 1 is 1.44 bits per heavy atom. The van der Waals surface area contributed by atoms with E-state index >= 15 is 0 Å². The topological polar surface area (TPSA) is 41.5 Å². The first-order valence-electron chi connectivity index (χ1n) is 5.59. The fraction of sp³-hybridized carbons (Fsp3) is 0.500. The summed E-state index contributed by atoms with van der Waals surface area (Å²) in [6.07, 6.45) is 1.49. The first-order chi connectivity index (χ1) is 8.63. The first-order valence-corrected chi connectivity index (χ1v) is 7.74. The van der Waals surface area contributed by atoms with E-state index in [1.807, 2.05) is 6.26 Å². The summed E-state index contributed by atoms with van der Waals surface area (Å²) in [5.74, 6) is 1.56. The van der Waals surface area contributed by atoms with Gasteiger partial charge in [0.1, 0.15) is 18.5 Å². The zero-order valence-corrected chi connectivity index (χ0v) is 12.5. The average molecular weight is 310 g/mol. The van der Waals surface area contributed by atoms with Crippen molar-refractivity contribution in [1.29, 1.82) is 0 Å². The van der Waals surface area contributed by atoms with Gasteiger partial charge in [-0.05, 0) is 24.5 Å². The second kappa shape index (κ2) is 8.88. The highest BCUT2D eigenvalue weighted by atomic mass is 35.5. The van der Waals surface area contributed by atoms with Crippen molar-refractivity contribution < 1.29 is 9.84 Å². The Bertz CT molecular complexity index is 366. The summed E-state index contributed by atoms with van der Waals surface area (Å²) in [4.78, 5) is 0. The molecule has 0 spiro atoms. The van der Waals surface area contributed by atoms with Crippen LogP contribution in [0.4, 0.5) is 0 Å². The molecule has 1 unspecified atom stereocenters. The molecule has 0 aliphatic heterocycles. The van der Waals surface area contributed by atoms with Gasteiger partial charge in [-0.25, -0.2) is 0 Å². The van der Waals surface area contributed by atoms with Crippen LogP contribution < -0.4 is 10.1 Å². The minimum atomic E-state index is -0.557. The molecule has 3 nitrogen and oxygen atoms in total. The Hall–Kier alpha value is -0.130. The summed E-state index contributed by atoms with van der Waals surface area (Å²) in [5, 5.41) is 13.8. The number of hydrogen-bond donors (Lipinski definition) is 2. The van der Waals surface area contributed by atoms with Crippen LogP contribution in [0.15, 0.2) is 18.2 Å². The fourth-order valence-corrected chi connectivity index (χ4v) is 2.09. The fourth-order valence-electron chi connectivity index (χ4n) is 1.28. The van der Waals surface area contributed by atoms with Crippen LogP contribution in [0.1, 0.15) is 0 Å². The van der Waals surface area contributed by atoms with E-state index in [1.54, 1.807) is 30.0 Å². The van der Waals surface area contributed by atoms with Crippen molar-refractivity contribution >= 4 is 35.0 Å². The third kappa shape index (κ3) is 6.16. The van der Waals surface area contributed by atoms with Crippen LogP contribution in [-0.4, -0.2) is 42.9 Å². The zero-order chi connectivity index (χ0) is 13.4. The molecule has 1 aromatic rings. The average Bonchev–Trinajstić information content (AvgIpc) is 2.33. The summed E-state index contributed by atoms with van der Waals surface area (Å²) >= 11 is 13.5. The van der Waals surface area contributed by atoms with E-state index in [2.05, 4.69) is 5.32 Å². The van der Waals surface area contributed by atoms with Gasteiger partial charge in [-0.15, -0.1) is 0 Å². The van der Waals surface area contributed by atoms with Crippen molar-refractivity contribution in [2.24, 2.45) is 0 Å². The van der Waals surface area contributed by atoms with E-state index in [1.165, 1.54) is 0 Å². The van der Waals surface area contributed by atoms with Gasteiger partial charge in [-0.1, -0.05) is 23.2 Å². The van der Waals surface area contributed by atoms with Gasteiger partial charge in [0, 0.05) is 23.9 Å². The van der Waals surface area contributed by atoms with Crippen molar-refractivity contribution in [3.05, 3.63) is 28.2 Å². The van der Waals surface area contributed by atoms with E-state index in [-0.39, 0.29) is 6.61 Å². The van der Waals surface area contributed by atoms with Gasteiger partial charge in [-0.3, -0.25) is 0 Å². The minimum absolute atomic E-state index is 0.202. The summed E-state index contributed by atoms with van der Waals surface area (Å²) in [6.45, 7) is 1.58. The predicted molar refractivity (Wildman–Crippen MR) is 79.2 cm³/mol. The molecule has 0 amide bonds. The highest BCUT2D eigenvalue weighted by molar-refractivity contribution is 7.98. The SMILES string of the molecule is CSCCNCC(O)COc1ccc(Cl)cc1Cl. The van der Waals surface area contributed by atoms with Gasteiger partial charge in [0.25, 0.3) is 0 Å². The van der Waals surface area contributed by atoms with Crippen LogP contribution in [0.5, 0.6) is 5.75 Å². The highest BCUT2D eigenvalue weighted by Crippen LogP contribution is 2.27. The summed E-state index contributed by atoms with van der Waals surface area (Å²) in [7, 11) is 0. The molecule has 0 fully saturated rings. The molecular weight excluding hydrogens is 293 g/mol. The standard InChI is InChI=1S/C12H17Cl2NO2S/c1-18-5-4-15-7-10(16)8-17-12-3-2-9(13)6-11(12)14/h2-3,6,10,15-16H,4-5,7-8H2,1H3. The van der Waals surface area contributed by atoms with Crippen molar-refractivity contribution in [2.75, 3.05) is 31.7 Å². The maximum atomic E-state index is 9.69. The lowest BCUT2D eigenvalue weighted by Gasteiger charge is -2.14. The van der Waals surface area contributed by atoms with Crippen molar-refractivity contribution in [2.45, 2.75) is 6.10 Å². The number of aliphatic hydroxyl groups excluding tert-OH is 1. The van der Waals surface area contributed by atoms with Crippen LogP contribution in [-0.2, 0) is 0 Å². The monoisotopic (exact) mass is 309 g/mol. The lowest BCUT2D eigenvalue weighted by atomic mass is 10.3. The largest absolute Gasteiger partial charge is 0.489 e. The van der Waals surface area contributed by atoms with Gasteiger partial charge >= 0.3 is 0 Å². The molecule has 1 atom stereocenters. The number of ether oxygens (including phenoxy) is 1. The van der Waals surface area contributed by atoms with Crippen molar-refractivity contribution in [1.82, 2.24) is 5.32 Å². The molecule has 0 aromatic heterocycles. The Balaban J connectivity index is 2.27. The summed E-state index contributed by atoms with van der Waals surface area (Å²) < 4.78 is 5.42. The molecule has 2 N–H and O–H groups in total. The molecule has 0 bridgehead atoms. The van der Waals surface area contributed by atoms with Crippen molar-refractivity contribution in [3.63, 3.8) is 0 Å². The molecule has 0 saturated carbocycles. The summed E-state index contributed by atoms with van der Waals surface area (Å²) in [5.41, 5.74) is 0. The maximum absolute atomic E-state index is 9.69. The van der Waals surface area contributed by atoms with E-state index in [9.17, 15) is 5.11 Å². The number of halogens is 2. The lowest BCUT2D eigenvalue weighted by Crippen LogP contribution is -2.32. The Labute approximate surface area is 122 Å². The number of aliphatic hydroxyl groups is 1. The molecule has 0 aliphatic rings. The molecule has 0 saturated heterocycles. The van der Waals surface area contributed by atoms with Crippen molar-refractivity contribution in [3.8, 4) is 5.75 Å². The number of nitrogens with one attached hydrogen (secondary N) is 1. The van der Waals surface area contributed by atoms with Crippen LogP contribution in [0.2, 0.25) is 10.0 Å². The predicted octanol–water partition coefficient (Wildman–Crippen LogP) is 2.69. The van der Waals surface area contributed by atoms with Crippen LogP contribution in [0.3, 0.4) is 0 Å². The third-order valence-electron chi connectivity index (χ3n) is 2.19. The van der Waals surface area contributed by atoms with E-state index in [0.717, 1.165) is 12.3 Å². The van der Waals surface area contributed by atoms with Gasteiger partial charge in [0.15, 0.2) is 0 Å². The van der Waals surface area contributed by atoms with Gasteiger partial charge in [0.05, 0.1) is 5.02 Å². The quantitative estimate of drug-likeness (QED) is 0.725. The van der Waals surface area contributed by atoms with E-state index in [0.29, 0.717) is 22.3 Å². The van der Waals surface area contributed by atoms with Gasteiger partial charge in [0.2, 0.25) is 0 Å². The number of thioether (sulfide) groups is 1. The van der Waals surface area contributed by atoms with E-state index < -0.39 is 6.10 Å². The maximum Gasteiger partial charge on any atom is 0.138 e. The normalized spacial score (nSPS) is 12.4. The molecule has 0 radical (unpaired) electrons. The molecule has 18 heavy (non-hydrogen) atoms.